The molecule has 152 valence electrons. The SMILES string of the molecule is CCNC(=NCc1ccco1)NCCc1ccc(NC(=O)OC(C)(C)C)cc1. The topological polar surface area (TPSA) is 87.9 Å². The molecule has 1 aromatic carbocycles. The average molecular weight is 386 g/mol. The highest BCUT2D eigenvalue weighted by atomic mass is 16.6. The number of nitrogens with zero attached hydrogens (tertiary/aromatic N) is 1. The van der Waals surface area contributed by atoms with Crippen LogP contribution in [0.3, 0.4) is 0 Å². The first-order chi connectivity index (χ1) is 13.4. The first kappa shape index (κ1) is 21.3. The van der Waals surface area contributed by atoms with Gasteiger partial charge in [0.05, 0.1) is 6.26 Å². The third-order valence-corrected chi connectivity index (χ3v) is 3.62. The first-order valence-electron chi connectivity index (χ1n) is 9.49. The molecule has 0 atom stereocenters. The molecule has 0 saturated carbocycles. The Bertz CT molecular complexity index is 747. The van der Waals surface area contributed by atoms with E-state index in [-0.39, 0.29) is 0 Å². The monoisotopic (exact) mass is 386 g/mol. The van der Waals surface area contributed by atoms with Crippen LogP contribution in [0.15, 0.2) is 52.1 Å². The summed E-state index contributed by atoms with van der Waals surface area (Å²) in [5, 5.41) is 9.26. The van der Waals surface area contributed by atoms with E-state index < -0.39 is 11.7 Å². The van der Waals surface area contributed by atoms with E-state index >= 15 is 0 Å². The second-order valence-corrected chi connectivity index (χ2v) is 7.28. The highest BCUT2D eigenvalue weighted by Crippen LogP contribution is 2.13. The lowest BCUT2D eigenvalue weighted by Gasteiger charge is -2.19. The number of benzene rings is 1. The van der Waals surface area contributed by atoms with Gasteiger partial charge in [0.25, 0.3) is 0 Å². The maximum atomic E-state index is 11.8. The Morgan fingerprint density at radius 3 is 2.50 bits per heavy atom. The standard InChI is InChI=1S/C21H30N4O3/c1-5-22-19(24-15-18-7-6-14-27-18)23-13-12-16-8-10-17(11-9-16)25-20(26)28-21(2,3)4/h6-11,14H,5,12-13,15H2,1-4H3,(H,25,26)(H2,22,23,24). The van der Waals surface area contributed by atoms with Crippen molar-refractivity contribution < 1.29 is 13.9 Å². The van der Waals surface area contributed by atoms with Gasteiger partial charge in [-0.2, -0.15) is 0 Å². The highest BCUT2D eigenvalue weighted by molar-refractivity contribution is 5.84. The summed E-state index contributed by atoms with van der Waals surface area (Å²) >= 11 is 0. The fourth-order valence-corrected chi connectivity index (χ4v) is 2.40. The van der Waals surface area contributed by atoms with Gasteiger partial charge in [-0.1, -0.05) is 12.1 Å². The Morgan fingerprint density at radius 2 is 1.89 bits per heavy atom. The van der Waals surface area contributed by atoms with Crippen molar-refractivity contribution in [2.75, 3.05) is 18.4 Å². The molecule has 7 nitrogen and oxygen atoms in total. The lowest BCUT2D eigenvalue weighted by molar-refractivity contribution is 0.0636. The van der Waals surface area contributed by atoms with Gasteiger partial charge in [-0.15, -0.1) is 0 Å². The molecule has 2 rings (SSSR count). The molecule has 0 fully saturated rings. The van der Waals surface area contributed by atoms with E-state index in [0.29, 0.717) is 12.2 Å². The summed E-state index contributed by atoms with van der Waals surface area (Å²) in [6, 6.07) is 11.5. The van der Waals surface area contributed by atoms with Gasteiger partial charge < -0.3 is 19.8 Å². The van der Waals surface area contributed by atoms with Crippen molar-refractivity contribution in [3.05, 3.63) is 54.0 Å². The lowest BCUT2D eigenvalue weighted by Crippen LogP contribution is -2.38. The Labute approximate surface area is 166 Å². The van der Waals surface area contributed by atoms with Crippen LogP contribution in [-0.4, -0.2) is 30.7 Å². The number of guanidine groups is 1. The molecule has 0 spiro atoms. The van der Waals surface area contributed by atoms with E-state index in [9.17, 15) is 4.79 Å². The Kier molecular flexibility index (Phi) is 7.92. The lowest BCUT2D eigenvalue weighted by atomic mass is 10.1. The molecule has 1 aromatic heterocycles. The number of hydrogen-bond acceptors (Lipinski definition) is 4. The quantitative estimate of drug-likeness (QED) is 0.496. The molecule has 2 aromatic rings. The number of aliphatic imine (C=N–C) groups is 1. The zero-order valence-electron chi connectivity index (χ0n) is 17.0. The van der Waals surface area contributed by atoms with Gasteiger partial charge in [-0.3, -0.25) is 5.32 Å². The van der Waals surface area contributed by atoms with Crippen molar-refractivity contribution in [1.82, 2.24) is 10.6 Å². The minimum absolute atomic E-state index is 0.454. The van der Waals surface area contributed by atoms with Crippen LogP contribution in [0.1, 0.15) is 39.0 Å². The largest absolute Gasteiger partial charge is 0.467 e. The maximum absolute atomic E-state index is 11.8. The van der Waals surface area contributed by atoms with Crippen LogP contribution in [0.25, 0.3) is 0 Å². The zero-order valence-corrected chi connectivity index (χ0v) is 17.0. The number of furan rings is 1. The number of nitrogens with one attached hydrogen (secondary N) is 3. The molecule has 0 aliphatic rings. The van der Waals surface area contributed by atoms with Gasteiger partial charge in [0.15, 0.2) is 5.96 Å². The van der Waals surface area contributed by atoms with E-state index in [2.05, 4.69) is 20.9 Å². The van der Waals surface area contributed by atoms with E-state index in [1.54, 1.807) is 6.26 Å². The second-order valence-electron chi connectivity index (χ2n) is 7.28. The molecule has 0 unspecified atom stereocenters. The summed E-state index contributed by atoms with van der Waals surface area (Å²) in [6.07, 6.45) is 2.02. The minimum Gasteiger partial charge on any atom is -0.467 e. The summed E-state index contributed by atoms with van der Waals surface area (Å²) in [5.41, 5.74) is 1.35. The van der Waals surface area contributed by atoms with Crippen molar-refractivity contribution in [2.24, 2.45) is 4.99 Å². The molecule has 1 heterocycles. The Hall–Kier alpha value is -2.96. The number of rotatable bonds is 7. The number of amides is 1. The molecule has 0 aliphatic heterocycles. The molecule has 28 heavy (non-hydrogen) atoms. The summed E-state index contributed by atoms with van der Waals surface area (Å²) in [4.78, 5) is 16.3. The van der Waals surface area contributed by atoms with Gasteiger partial charge >= 0.3 is 6.09 Å². The number of ether oxygens (including phenoxy) is 1. The molecule has 0 bridgehead atoms. The molecular weight excluding hydrogens is 356 g/mol. The average Bonchev–Trinajstić information content (AvgIpc) is 3.13. The van der Waals surface area contributed by atoms with Crippen molar-refractivity contribution in [2.45, 2.75) is 46.3 Å². The van der Waals surface area contributed by atoms with Crippen LogP contribution in [-0.2, 0) is 17.7 Å². The van der Waals surface area contributed by atoms with Crippen LogP contribution in [0.5, 0.6) is 0 Å². The molecule has 3 N–H and O–H groups in total. The smallest absolute Gasteiger partial charge is 0.412 e. The fraction of sp³-hybridized carbons (Fsp3) is 0.429. The van der Waals surface area contributed by atoms with Crippen molar-refractivity contribution in [3.63, 3.8) is 0 Å². The van der Waals surface area contributed by atoms with E-state index in [4.69, 9.17) is 9.15 Å². The number of hydrogen-bond donors (Lipinski definition) is 3. The summed E-state index contributed by atoms with van der Waals surface area (Å²) in [7, 11) is 0. The van der Waals surface area contributed by atoms with E-state index in [1.807, 2.05) is 64.1 Å². The minimum atomic E-state index is -0.515. The fourth-order valence-electron chi connectivity index (χ4n) is 2.40. The predicted molar refractivity (Wildman–Crippen MR) is 112 cm³/mol. The van der Waals surface area contributed by atoms with Gasteiger partial charge in [-0.05, 0) is 63.9 Å². The van der Waals surface area contributed by atoms with Crippen molar-refractivity contribution in [1.29, 1.82) is 0 Å². The molecule has 0 radical (unpaired) electrons. The third-order valence-electron chi connectivity index (χ3n) is 3.62. The normalized spacial score (nSPS) is 11.8. The molecular formula is C21H30N4O3. The summed E-state index contributed by atoms with van der Waals surface area (Å²) in [6.45, 7) is 9.55. The van der Waals surface area contributed by atoms with Gasteiger partial charge in [0.1, 0.15) is 17.9 Å². The van der Waals surface area contributed by atoms with E-state index in [1.165, 1.54) is 0 Å². The van der Waals surface area contributed by atoms with Crippen LogP contribution < -0.4 is 16.0 Å². The number of carbonyl (C=O) groups is 1. The van der Waals surface area contributed by atoms with Gasteiger partial charge in [-0.25, -0.2) is 9.79 Å². The first-order valence-corrected chi connectivity index (χ1v) is 9.49. The van der Waals surface area contributed by atoms with Crippen LogP contribution in [0.2, 0.25) is 0 Å². The number of carbonyl (C=O) groups excluding carboxylic acids is 1. The zero-order chi connectivity index (χ0) is 20.4. The summed E-state index contributed by atoms with van der Waals surface area (Å²) < 4.78 is 10.5. The molecule has 0 aliphatic carbocycles. The summed E-state index contributed by atoms with van der Waals surface area (Å²) in [5.74, 6) is 1.58. The Morgan fingerprint density at radius 1 is 1.14 bits per heavy atom. The maximum Gasteiger partial charge on any atom is 0.412 e. The molecule has 0 saturated heterocycles. The van der Waals surface area contributed by atoms with Crippen LogP contribution in [0, 0.1) is 0 Å². The van der Waals surface area contributed by atoms with Gasteiger partial charge in [0.2, 0.25) is 0 Å². The van der Waals surface area contributed by atoms with Crippen molar-refractivity contribution in [3.8, 4) is 0 Å². The molecule has 7 heteroatoms. The predicted octanol–water partition coefficient (Wildman–Crippen LogP) is 3.92. The van der Waals surface area contributed by atoms with E-state index in [0.717, 1.165) is 36.8 Å². The number of anilines is 1. The highest BCUT2D eigenvalue weighted by Gasteiger charge is 2.16. The third kappa shape index (κ3) is 8.16. The van der Waals surface area contributed by atoms with Crippen molar-refractivity contribution >= 4 is 17.7 Å². The second kappa shape index (κ2) is 10.4. The van der Waals surface area contributed by atoms with Crippen LogP contribution in [0.4, 0.5) is 10.5 Å². The molecule has 1 amide bonds. The Balaban J connectivity index is 1.79. The van der Waals surface area contributed by atoms with Gasteiger partial charge in [0, 0.05) is 18.8 Å². The van der Waals surface area contributed by atoms with Crippen LogP contribution >= 0.6 is 0 Å².